The number of nitrogens with zero attached hydrogens (tertiary/aromatic N) is 2. The number of benzene rings is 4. The molecule has 0 amide bonds. The molecule has 0 aliphatic rings. The van der Waals surface area contributed by atoms with E-state index in [-0.39, 0.29) is 0 Å². The van der Waals surface area contributed by atoms with Gasteiger partial charge in [0.05, 0.1) is 35.4 Å². The van der Waals surface area contributed by atoms with Crippen LogP contribution < -0.4 is 9.75 Å². The van der Waals surface area contributed by atoms with E-state index in [2.05, 4.69) is 128 Å². The Kier molecular flexibility index (Phi) is 4.30. The van der Waals surface area contributed by atoms with Crippen molar-refractivity contribution in [3.05, 3.63) is 90.1 Å². The van der Waals surface area contributed by atoms with Gasteiger partial charge in [-0.15, -0.1) is 0 Å². The third-order valence-corrected chi connectivity index (χ3v) is 10.3. The topological polar surface area (TPSA) is 8.29 Å². The molecule has 0 atom stereocenters. The molecule has 0 bridgehead atoms. The van der Waals surface area contributed by atoms with Crippen molar-refractivity contribution in [1.82, 2.24) is 4.40 Å². The summed E-state index contributed by atoms with van der Waals surface area (Å²) in [7, 11) is 0.670. The molecule has 0 radical (unpaired) electrons. The maximum absolute atomic E-state index is 2.58. The van der Waals surface area contributed by atoms with Gasteiger partial charge in [-0.25, -0.2) is 4.57 Å². The highest BCUT2D eigenvalue weighted by Gasteiger charge is 2.27. The van der Waals surface area contributed by atoms with E-state index in [1.54, 1.807) is 0 Å². The molecule has 3 heteroatoms. The number of hydrogen-bond acceptors (Lipinski definition) is 0. The molecular formula is C33H31N2Si+. The van der Waals surface area contributed by atoms with Crippen LogP contribution in [0.25, 0.3) is 60.1 Å². The van der Waals surface area contributed by atoms with Crippen molar-refractivity contribution >= 4 is 62.3 Å². The molecule has 0 fully saturated rings. The van der Waals surface area contributed by atoms with Crippen molar-refractivity contribution in [3.8, 4) is 11.1 Å². The van der Waals surface area contributed by atoms with Gasteiger partial charge in [-0.1, -0.05) is 73.4 Å². The molecule has 176 valence electrons. The summed E-state index contributed by atoms with van der Waals surface area (Å²) in [6.07, 6.45) is 2.25. The zero-order valence-corrected chi connectivity index (χ0v) is 22.9. The van der Waals surface area contributed by atoms with Gasteiger partial charge >= 0.3 is 0 Å². The highest BCUT2D eigenvalue weighted by molar-refractivity contribution is 6.89. The van der Waals surface area contributed by atoms with Crippen molar-refractivity contribution in [2.45, 2.75) is 33.5 Å². The van der Waals surface area contributed by atoms with Crippen LogP contribution in [-0.2, 0) is 7.05 Å². The lowest BCUT2D eigenvalue weighted by Crippen LogP contribution is -2.38. The fourth-order valence-electron chi connectivity index (χ4n) is 6.25. The summed E-state index contributed by atoms with van der Waals surface area (Å²) in [6.45, 7) is 11.9. The number of pyridine rings is 2. The SMILES string of the molecule is Cc1cc2c3c(-c4ccccc4)cccc3n3c4cc([Si](C)(C)C)cc5cc[n+](C)c(c(c1C)c23)c54. The maximum atomic E-state index is 2.58. The molecule has 0 saturated carbocycles. The van der Waals surface area contributed by atoms with Gasteiger partial charge in [-0.2, -0.15) is 0 Å². The minimum atomic E-state index is -1.53. The first-order valence-corrected chi connectivity index (χ1v) is 16.4. The van der Waals surface area contributed by atoms with E-state index >= 15 is 0 Å². The molecule has 3 aromatic heterocycles. The lowest BCUT2D eigenvalue weighted by atomic mass is 9.95. The smallest absolute Gasteiger partial charge is 0.224 e. The van der Waals surface area contributed by atoms with E-state index < -0.39 is 8.07 Å². The molecule has 0 N–H and O–H groups in total. The first-order chi connectivity index (χ1) is 17.3. The summed E-state index contributed by atoms with van der Waals surface area (Å²) in [5, 5.41) is 8.30. The highest BCUT2D eigenvalue weighted by Crippen LogP contribution is 2.44. The van der Waals surface area contributed by atoms with Crippen LogP contribution in [0.1, 0.15) is 11.1 Å². The average Bonchev–Trinajstić information content (AvgIpc) is 3.19. The van der Waals surface area contributed by atoms with Crippen LogP contribution in [0.4, 0.5) is 0 Å². The molecule has 7 aromatic rings. The van der Waals surface area contributed by atoms with Crippen LogP contribution in [0.3, 0.4) is 0 Å². The fourth-order valence-corrected chi connectivity index (χ4v) is 7.40. The second-order valence-electron chi connectivity index (χ2n) is 11.5. The lowest BCUT2D eigenvalue weighted by Gasteiger charge is -2.20. The molecular weight excluding hydrogens is 452 g/mol. The maximum Gasteiger partial charge on any atom is 0.224 e. The lowest BCUT2D eigenvalue weighted by molar-refractivity contribution is -0.643. The Hall–Kier alpha value is -3.69. The van der Waals surface area contributed by atoms with Gasteiger partial charge < -0.3 is 4.40 Å². The van der Waals surface area contributed by atoms with Gasteiger partial charge in [0.15, 0.2) is 6.20 Å². The minimum absolute atomic E-state index is 1.27. The summed E-state index contributed by atoms with van der Waals surface area (Å²) in [6, 6.07) is 27.4. The number of fused-ring (bicyclic) bond motifs is 5. The molecule has 36 heavy (non-hydrogen) atoms. The predicted molar refractivity (Wildman–Crippen MR) is 158 cm³/mol. The molecule has 7 rings (SSSR count). The second kappa shape index (κ2) is 7.17. The first kappa shape index (κ1) is 21.6. The molecule has 4 aromatic carbocycles. The zero-order chi connectivity index (χ0) is 24.9. The van der Waals surface area contributed by atoms with E-state index in [4.69, 9.17) is 0 Å². The summed E-state index contributed by atoms with van der Waals surface area (Å²) < 4.78 is 4.92. The Morgan fingerprint density at radius 2 is 1.53 bits per heavy atom. The van der Waals surface area contributed by atoms with Gasteiger partial charge in [0, 0.05) is 16.8 Å². The van der Waals surface area contributed by atoms with Crippen LogP contribution in [-0.4, -0.2) is 12.5 Å². The second-order valence-corrected chi connectivity index (χ2v) is 16.6. The Labute approximate surface area is 212 Å². The van der Waals surface area contributed by atoms with Crippen LogP contribution in [0.2, 0.25) is 19.6 Å². The van der Waals surface area contributed by atoms with Crippen LogP contribution in [0.5, 0.6) is 0 Å². The van der Waals surface area contributed by atoms with E-state index in [1.807, 2.05) is 0 Å². The van der Waals surface area contributed by atoms with Crippen LogP contribution >= 0.6 is 0 Å². The summed E-state index contributed by atoms with van der Waals surface area (Å²) >= 11 is 0. The number of aromatic nitrogens is 2. The Balaban J connectivity index is 1.86. The number of aryl methyl sites for hydroxylation is 3. The summed E-state index contributed by atoms with van der Waals surface area (Å²) in [5.41, 5.74) is 10.6. The standard InChI is InChI=1S/C33H31N2Si/c1-20-17-26-31-25(22-11-8-7-9-12-22)13-10-14-27(31)35-28-19-24(36(4,5)6)18-23-15-16-34(3)33(30(23)28)29(21(20)2)32(26)35/h7-19H,1-6H3/q+1. The Bertz CT molecular complexity index is 1990. The van der Waals surface area contributed by atoms with Gasteiger partial charge in [-0.05, 0) is 59.7 Å². The molecule has 0 spiro atoms. The Morgan fingerprint density at radius 3 is 2.28 bits per heavy atom. The normalized spacial score (nSPS) is 12.7. The van der Waals surface area contributed by atoms with E-state index in [1.165, 1.54) is 76.4 Å². The molecule has 0 saturated heterocycles. The van der Waals surface area contributed by atoms with Gasteiger partial charge in [0.1, 0.15) is 7.05 Å². The molecule has 0 aliphatic heterocycles. The minimum Gasteiger partial charge on any atom is -0.307 e. The molecule has 3 heterocycles. The third kappa shape index (κ3) is 2.75. The van der Waals surface area contributed by atoms with Crippen LogP contribution in [0, 0.1) is 13.8 Å². The monoisotopic (exact) mass is 483 g/mol. The van der Waals surface area contributed by atoms with E-state index in [0.717, 1.165) is 0 Å². The highest BCUT2D eigenvalue weighted by atomic mass is 28.3. The average molecular weight is 484 g/mol. The summed E-state index contributed by atoms with van der Waals surface area (Å²) in [5.74, 6) is 0. The largest absolute Gasteiger partial charge is 0.307 e. The molecule has 0 unspecified atom stereocenters. The van der Waals surface area contributed by atoms with Crippen molar-refractivity contribution < 1.29 is 4.57 Å². The molecule has 0 aliphatic carbocycles. The van der Waals surface area contributed by atoms with Crippen molar-refractivity contribution in [3.63, 3.8) is 0 Å². The summed E-state index contributed by atoms with van der Waals surface area (Å²) in [4.78, 5) is 0. The van der Waals surface area contributed by atoms with E-state index in [9.17, 15) is 0 Å². The zero-order valence-electron chi connectivity index (χ0n) is 21.9. The Morgan fingerprint density at radius 1 is 0.750 bits per heavy atom. The van der Waals surface area contributed by atoms with Crippen molar-refractivity contribution in [1.29, 1.82) is 0 Å². The number of rotatable bonds is 2. The van der Waals surface area contributed by atoms with Crippen molar-refractivity contribution in [2.24, 2.45) is 7.05 Å². The third-order valence-electron chi connectivity index (χ3n) is 8.24. The van der Waals surface area contributed by atoms with Crippen LogP contribution in [0.15, 0.2) is 79.0 Å². The van der Waals surface area contributed by atoms with Gasteiger partial charge in [0.2, 0.25) is 5.52 Å². The number of hydrogen-bond donors (Lipinski definition) is 0. The predicted octanol–water partition coefficient (Wildman–Crippen LogP) is 7.64. The van der Waals surface area contributed by atoms with Crippen molar-refractivity contribution in [2.75, 3.05) is 0 Å². The van der Waals surface area contributed by atoms with Gasteiger partial charge in [0.25, 0.3) is 0 Å². The van der Waals surface area contributed by atoms with Gasteiger partial charge in [-0.3, -0.25) is 0 Å². The quantitative estimate of drug-likeness (QED) is 0.103. The first-order valence-electron chi connectivity index (χ1n) is 12.9. The fraction of sp³-hybridized carbons (Fsp3) is 0.182. The molecule has 2 nitrogen and oxygen atoms in total. The van der Waals surface area contributed by atoms with E-state index in [0.29, 0.717) is 0 Å².